The SMILES string of the molecule is COCCC(NC(=O)CNC(C)C)C(=O)O. The Balaban J connectivity index is 3.98. The fourth-order valence-corrected chi connectivity index (χ4v) is 1.04. The lowest BCUT2D eigenvalue weighted by Crippen LogP contribution is -2.46. The molecule has 0 saturated heterocycles. The Labute approximate surface area is 95.4 Å². The zero-order chi connectivity index (χ0) is 12.6. The van der Waals surface area contributed by atoms with Crippen LogP contribution in [0, 0.1) is 0 Å². The molecule has 0 spiro atoms. The lowest BCUT2D eigenvalue weighted by molar-refractivity contribution is -0.142. The minimum Gasteiger partial charge on any atom is -0.480 e. The van der Waals surface area contributed by atoms with E-state index in [1.807, 2.05) is 13.8 Å². The maximum Gasteiger partial charge on any atom is 0.326 e. The van der Waals surface area contributed by atoms with Gasteiger partial charge < -0.3 is 20.5 Å². The van der Waals surface area contributed by atoms with E-state index < -0.39 is 12.0 Å². The smallest absolute Gasteiger partial charge is 0.326 e. The van der Waals surface area contributed by atoms with Crippen LogP contribution in [0.4, 0.5) is 0 Å². The number of nitrogens with one attached hydrogen (secondary N) is 2. The van der Waals surface area contributed by atoms with Crippen LogP contribution in [0.1, 0.15) is 20.3 Å². The van der Waals surface area contributed by atoms with Crippen molar-refractivity contribution in [1.82, 2.24) is 10.6 Å². The average molecular weight is 232 g/mol. The molecule has 16 heavy (non-hydrogen) atoms. The predicted octanol–water partition coefficient (Wildman–Crippen LogP) is -0.410. The van der Waals surface area contributed by atoms with Gasteiger partial charge in [0.1, 0.15) is 6.04 Å². The Hall–Kier alpha value is -1.14. The summed E-state index contributed by atoms with van der Waals surface area (Å²) in [4.78, 5) is 22.1. The molecule has 0 aliphatic heterocycles. The largest absolute Gasteiger partial charge is 0.480 e. The third-order valence-electron chi connectivity index (χ3n) is 1.91. The number of hydrogen-bond acceptors (Lipinski definition) is 4. The van der Waals surface area contributed by atoms with Gasteiger partial charge in [0, 0.05) is 26.2 Å². The molecule has 0 saturated carbocycles. The van der Waals surface area contributed by atoms with Crippen molar-refractivity contribution in [2.45, 2.75) is 32.4 Å². The van der Waals surface area contributed by atoms with Gasteiger partial charge in [0.15, 0.2) is 0 Å². The topological polar surface area (TPSA) is 87.7 Å². The molecule has 0 aliphatic carbocycles. The molecule has 94 valence electrons. The van der Waals surface area contributed by atoms with E-state index in [4.69, 9.17) is 9.84 Å². The molecule has 0 radical (unpaired) electrons. The highest BCUT2D eigenvalue weighted by molar-refractivity contribution is 5.84. The van der Waals surface area contributed by atoms with Gasteiger partial charge >= 0.3 is 5.97 Å². The fraction of sp³-hybridized carbons (Fsp3) is 0.800. The standard InChI is InChI=1S/C10H20N2O4/c1-7(2)11-6-9(13)12-8(10(14)15)4-5-16-3/h7-8,11H,4-6H2,1-3H3,(H,12,13)(H,14,15). The van der Waals surface area contributed by atoms with E-state index in [2.05, 4.69) is 10.6 Å². The van der Waals surface area contributed by atoms with Gasteiger partial charge in [0.05, 0.1) is 6.54 Å². The minimum atomic E-state index is -1.05. The zero-order valence-corrected chi connectivity index (χ0v) is 9.95. The summed E-state index contributed by atoms with van der Waals surface area (Å²) >= 11 is 0. The van der Waals surface area contributed by atoms with E-state index >= 15 is 0 Å². The molecule has 0 bridgehead atoms. The molecule has 0 aromatic heterocycles. The molecule has 0 aromatic carbocycles. The minimum absolute atomic E-state index is 0.119. The van der Waals surface area contributed by atoms with Crippen molar-refractivity contribution in [1.29, 1.82) is 0 Å². The molecule has 0 rings (SSSR count). The number of rotatable bonds is 8. The molecule has 1 unspecified atom stereocenters. The predicted molar refractivity (Wildman–Crippen MR) is 59.2 cm³/mol. The summed E-state index contributed by atoms with van der Waals surface area (Å²) in [6, 6.07) is -0.700. The van der Waals surface area contributed by atoms with Crippen LogP contribution in [0.15, 0.2) is 0 Å². The van der Waals surface area contributed by atoms with E-state index in [1.54, 1.807) is 0 Å². The van der Waals surface area contributed by atoms with Gasteiger partial charge in [0.2, 0.25) is 5.91 Å². The van der Waals surface area contributed by atoms with E-state index in [0.29, 0.717) is 6.61 Å². The first-order valence-corrected chi connectivity index (χ1v) is 5.21. The van der Waals surface area contributed by atoms with Crippen LogP contribution in [0.2, 0.25) is 0 Å². The molecule has 0 aromatic rings. The van der Waals surface area contributed by atoms with Gasteiger partial charge in [-0.1, -0.05) is 13.8 Å². The van der Waals surface area contributed by atoms with Gasteiger partial charge in [-0.05, 0) is 0 Å². The summed E-state index contributed by atoms with van der Waals surface area (Å²) in [5.41, 5.74) is 0. The van der Waals surface area contributed by atoms with Gasteiger partial charge in [-0.25, -0.2) is 4.79 Å². The Kier molecular flexibility index (Phi) is 7.49. The number of carboxylic acids is 1. The number of carboxylic acid groups (broad SMARTS) is 1. The number of amides is 1. The van der Waals surface area contributed by atoms with E-state index in [0.717, 1.165) is 0 Å². The van der Waals surface area contributed by atoms with Crippen LogP contribution in [0.3, 0.4) is 0 Å². The third-order valence-corrected chi connectivity index (χ3v) is 1.91. The number of carbonyl (C=O) groups excluding carboxylic acids is 1. The highest BCUT2D eigenvalue weighted by Gasteiger charge is 2.19. The average Bonchev–Trinajstić information content (AvgIpc) is 2.20. The Morgan fingerprint density at radius 3 is 2.44 bits per heavy atom. The summed E-state index contributed by atoms with van der Waals surface area (Å²) in [5, 5.41) is 14.2. The van der Waals surface area contributed by atoms with Crippen molar-refractivity contribution in [3.63, 3.8) is 0 Å². The highest BCUT2D eigenvalue weighted by Crippen LogP contribution is 1.93. The van der Waals surface area contributed by atoms with Crippen molar-refractivity contribution < 1.29 is 19.4 Å². The molecule has 0 heterocycles. The van der Waals surface area contributed by atoms with Crippen LogP contribution in [0.25, 0.3) is 0 Å². The number of methoxy groups -OCH3 is 1. The lowest BCUT2D eigenvalue weighted by atomic mass is 10.2. The molecule has 6 nitrogen and oxygen atoms in total. The maximum atomic E-state index is 11.3. The second kappa shape index (κ2) is 8.06. The van der Waals surface area contributed by atoms with Gasteiger partial charge in [-0.2, -0.15) is 0 Å². The molecule has 1 amide bonds. The molecule has 3 N–H and O–H groups in total. The van der Waals surface area contributed by atoms with Gasteiger partial charge in [-0.15, -0.1) is 0 Å². The molecule has 0 fully saturated rings. The van der Waals surface area contributed by atoms with Crippen molar-refractivity contribution in [3.8, 4) is 0 Å². The van der Waals surface area contributed by atoms with E-state index in [-0.39, 0.29) is 24.9 Å². The van der Waals surface area contributed by atoms with Crippen molar-refractivity contribution in [3.05, 3.63) is 0 Å². The number of hydrogen-bond donors (Lipinski definition) is 3. The second-order valence-corrected chi connectivity index (χ2v) is 3.78. The first-order valence-electron chi connectivity index (χ1n) is 5.21. The molecular weight excluding hydrogens is 212 g/mol. The van der Waals surface area contributed by atoms with Gasteiger partial charge in [0.25, 0.3) is 0 Å². The van der Waals surface area contributed by atoms with Crippen molar-refractivity contribution >= 4 is 11.9 Å². The number of carbonyl (C=O) groups is 2. The quantitative estimate of drug-likeness (QED) is 0.529. The molecule has 0 aliphatic rings. The molecule has 1 atom stereocenters. The summed E-state index contributed by atoms with van der Waals surface area (Å²) in [5.74, 6) is -1.37. The molecular formula is C10H20N2O4. The normalized spacial score (nSPS) is 12.5. The van der Waals surface area contributed by atoms with Crippen LogP contribution in [-0.4, -0.2) is 49.3 Å². The van der Waals surface area contributed by atoms with Crippen LogP contribution in [0.5, 0.6) is 0 Å². The van der Waals surface area contributed by atoms with Crippen LogP contribution >= 0.6 is 0 Å². The summed E-state index contributed by atoms with van der Waals surface area (Å²) in [6.45, 7) is 4.24. The van der Waals surface area contributed by atoms with E-state index in [1.165, 1.54) is 7.11 Å². The number of aliphatic carboxylic acids is 1. The number of ether oxygens (including phenoxy) is 1. The zero-order valence-electron chi connectivity index (χ0n) is 9.95. The van der Waals surface area contributed by atoms with Crippen molar-refractivity contribution in [2.24, 2.45) is 0 Å². The first-order chi connectivity index (χ1) is 7.47. The van der Waals surface area contributed by atoms with Crippen LogP contribution < -0.4 is 10.6 Å². The maximum absolute atomic E-state index is 11.3. The first kappa shape index (κ1) is 14.9. The third kappa shape index (κ3) is 7.19. The van der Waals surface area contributed by atoms with Crippen molar-refractivity contribution in [2.75, 3.05) is 20.3 Å². The highest BCUT2D eigenvalue weighted by atomic mass is 16.5. The fourth-order valence-electron chi connectivity index (χ4n) is 1.04. The molecule has 6 heteroatoms. The Morgan fingerprint density at radius 2 is 2.00 bits per heavy atom. The monoisotopic (exact) mass is 232 g/mol. The lowest BCUT2D eigenvalue weighted by Gasteiger charge is -2.15. The summed E-state index contributed by atoms with van der Waals surface area (Å²) in [6.07, 6.45) is 0.263. The summed E-state index contributed by atoms with van der Waals surface area (Å²) in [7, 11) is 1.49. The van der Waals surface area contributed by atoms with Crippen LogP contribution in [-0.2, 0) is 14.3 Å². The summed E-state index contributed by atoms with van der Waals surface area (Å²) < 4.78 is 4.77. The second-order valence-electron chi connectivity index (χ2n) is 3.78. The Bertz CT molecular complexity index is 231. The van der Waals surface area contributed by atoms with E-state index in [9.17, 15) is 9.59 Å². The Morgan fingerprint density at radius 1 is 1.38 bits per heavy atom. The van der Waals surface area contributed by atoms with Gasteiger partial charge in [-0.3, -0.25) is 4.79 Å².